The van der Waals surface area contributed by atoms with E-state index in [1.165, 1.54) is 18.2 Å². The van der Waals surface area contributed by atoms with E-state index in [-0.39, 0.29) is 9.92 Å². The maximum atomic E-state index is 11.1. The Morgan fingerprint density at radius 1 is 0.900 bits per heavy atom. The molecule has 0 fully saturated rings. The predicted molar refractivity (Wildman–Crippen MR) is 80.0 cm³/mol. The summed E-state index contributed by atoms with van der Waals surface area (Å²) in [5.74, 6) is 0. The maximum Gasteiger partial charge on any atom is 0.294 e. The van der Waals surface area contributed by atoms with E-state index >= 15 is 0 Å². The molecular formula is C12H10Cl2N2O3S. The molecule has 20 heavy (non-hydrogen) atoms. The number of benzene rings is 2. The second-order valence-corrected chi connectivity index (χ2v) is 6.08. The van der Waals surface area contributed by atoms with Gasteiger partial charge in [0.2, 0.25) is 0 Å². The van der Waals surface area contributed by atoms with E-state index in [0.717, 1.165) is 0 Å². The van der Waals surface area contributed by atoms with Crippen molar-refractivity contribution in [2.45, 2.75) is 4.90 Å². The molecule has 0 saturated heterocycles. The number of anilines is 2. The average Bonchev–Trinajstić information content (AvgIpc) is 2.38. The number of hydrazine groups is 1. The van der Waals surface area contributed by atoms with Crippen LogP contribution in [0.5, 0.6) is 0 Å². The first-order chi connectivity index (χ1) is 9.38. The van der Waals surface area contributed by atoms with Crippen LogP contribution in [-0.4, -0.2) is 13.0 Å². The summed E-state index contributed by atoms with van der Waals surface area (Å²) in [6, 6.07) is 10.8. The van der Waals surface area contributed by atoms with E-state index in [1.807, 2.05) is 0 Å². The van der Waals surface area contributed by atoms with Gasteiger partial charge in [0.15, 0.2) is 0 Å². The van der Waals surface area contributed by atoms with Crippen LogP contribution in [0, 0.1) is 0 Å². The molecule has 3 N–H and O–H groups in total. The van der Waals surface area contributed by atoms with Gasteiger partial charge in [-0.1, -0.05) is 35.3 Å². The minimum absolute atomic E-state index is 0.259. The fourth-order valence-corrected chi connectivity index (χ4v) is 2.31. The predicted octanol–water partition coefficient (Wildman–Crippen LogP) is 3.68. The molecule has 0 aromatic heterocycles. The third-order valence-electron chi connectivity index (χ3n) is 2.44. The highest BCUT2D eigenvalue weighted by Gasteiger charge is 2.12. The van der Waals surface area contributed by atoms with Crippen LogP contribution in [0.15, 0.2) is 47.4 Å². The number of rotatable bonds is 4. The van der Waals surface area contributed by atoms with Crippen molar-refractivity contribution in [3.05, 3.63) is 52.5 Å². The lowest BCUT2D eigenvalue weighted by Crippen LogP contribution is -2.10. The van der Waals surface area contributed by atoms with Crippen molar-refractivity contribution in [2.24, 2.45) is 0 Å². The minimum Gasteiger partial charge on any atom is -0.299 e. The van der Waals surface area contributed by atoms with Gasteiger partial charge in [0, 0.05) is 0 Å². The van der Waals surface area contributed by atoms with Crippen LogP contribution in [0.3, 0.4) is 0 Å². The molecule has 106 valence electrons. The van der Waals surface area contributed by atoms with E-state index in [9.17, 15) is 8.42 Å². The zero-order chi connectivity index (χ0) is 14.8. The van der Waals surface area contributed by atoms with Gasteiger partial charge < -0.3 is 0 Å². The van der Waals surface area contributed by atoms with Gasteiger partial charge in [-0.2, -0.15) is 8.42 Å². The summed E-state index contributed by atoms with van der Waals surface area (Å²) in [4.78, 5) is -0.259. The van der Waals surface area contributed by atoms with Gasteiger partial charge in [0.25, 0.3) is 10.1 Å². The highest BCUT2D eigenvalue weighted by atomic mass is 35.5. The monoisotopic (exact) mass is 332 g/mol. The van der Waals surface area contributed by atoms with Crippen molar-refractivity contribution in [3.63, 3.8) is 0 Å². The van der Waals surface area contributed by atoms with Crippen molar-refractivity contribution >= 4 is 44.7 Å². The number of halogens is 2. The summed E-state index contributed by atoms with van der Waals surface area (Å²) < 4.78 is 31.1. The van der Waals surface area contributed by atoms with Gasteiger partial charge in [0.1, 0.15) is 0 Å². The first kappa shape index (κ1) is 14.9. The first-order valence-corrected chi connectivity index (χ1v) is 7.61. The Hall–Kier alpha value is -1.47. The fourth-order valence-electron chi connectivity index (χ4n) is 1.46. The smallest absolute Gasteiger partial charge is 0.294 e. The van der Waals surface area contributed by atoms with Gasteiger partial charge in [0.05, 0.1) is 26.3 Å². The summed E-state index contributed by atoms with van der Waals surface area (Å²) in [7, 11) is -4.29. The van der Waals surface area contributed by atoms with Crippen LogP contribution in [0.4, 0.5) is 11.4 Å². The van der Waals surface area contributed by atoms with Crippen molar-refractivity contribution in [3.8, 4) is 0 Å². The molecule has 0 spiro atoms. The lowest BCUT2D eigenvalue weighted by Gasteiger charge is -2.13. The molecule has 2 rings (SSSR count). The largest absolute Gasteiger partial charge is 0.299 e. The van der Waals surface area contributed by atoms with E-state index in [4.69, 9.17) is 27.8 Å². The molecule has 2 aromatic rings. The summed E-state index contributed by atoms with van der Waals surface area (Å²) in [5, 5.41) is 0.777. The number of nitrogens with one attached hydrogen (secondary N) is 2. The number of hydrogen-bond acceptors (Lipinski definition) is 4. The molecule has 0 amide bonds. The van der Waals surface area contributed by atoms with Crippen LogP contribution in [0.25, 0.3) is 0 Å². The quantitative estimate of drug-likeness (QED) is 0.588. The topological polar surface area (TPSA) is 78.4 Å². The lowest BCUT2D eigenvalue weighted by atomic mass is 10.3. The molecule has 0 aliphatic rings. The Morgan fingerprint density at radius 3 is 2.15 bits per heavy atom. The van der Waals surface area contributed by atoms with Gasteiger partial charge >= 0.3 is 0 Å². The normalized spacial score (nSPS) is 11.2. The molecule has 5 nitrogen and oxygen atoms in total. The van der Waals surface area contributed by atoms with Gasteiger partial charge in [-0.25, -0.2) is 0 Å². The third kappa shape index (κ3) is 3.55. The van der Waals surface area contributed by atoms with Crippen molar-refractivity contribution in [1.29, 1.82) is 0 Å². The van der Waals surface area contributed by atoms with Crippen LogP contribution >= 0.6 is 23.2 Å². The van der Waals surface area contributed by atoms with E-state index in [1.54, 1.807) is 24.3 Å². The Balaban J connectivity index is 2.24. The highest BCUT2D eigenvalue weighted by molar-refractivity contribution is 7.85. The molecule has 2 aromatic carbocycles. The van der Waals surface area contributed by atoms with Crippen LogP contribution in [-0.2, 0) is 10.1 Å². The highest BCUT2D eigenvalue weighted by Crippen LogP contribution is 2.26. The van der Waals surface area contributed by atoms with E-state index in [2.05, 4.69) is 10.9 Å². The number of hydrogen-bond donors (Lipinski definition) is 3. The second kappa shape index (κ2) is 5.88. The summed E-state index contributed by atoms with van der Waals surface area (Å²) in [6.45, 7) is 0. The standard InChI is InChI=1S/C12H10Cl2N2O3S/c13-9-3-1-2-4-11(9)15-16-12-7-8(20(17,18)19)5-6-10(12)14/h1-7,15-16H,(H,17,18,19). The molecular weight excluding hydrogens is 323 g/mol. The summed E-state index contributed by atoms with van der Waals surface area (Å²) >= 11 is 11.9. The molecule has 0 bridgehead atoms. The zero-order valence-electron chi connectivity index (χ0n) is 9.97. The molecule has 0 aliphatic heterocycles. The number of para-hydroxylation sites is 1. The van der Waals surface area contributed by atoms with Crippen molar-refractivity contribution in [1.82, 2.24) is 0 Å². The van der Waals surface area contributed by atoms with E-state index in [0.29, 0.717) is 16.4 Å². The van der Waals surface area contributed by atoms with Crippen molar-refractivity contribution in [2.75, 3.05) is 10.9 Å². The third-order valence-corrected chi connectivity index (χ3v) is 3.95. The fraction of sp³-hybridized carbons (Fsp3) is 0. The van der Waals surface area contributed by atoms with E-state index < -0.39 is 10.1 Å². The molecule has 0 unspecified atom stereocenters. The Morgan fingerprint density at radius 2 is 1.50 bits per heavy atom. The molecule has 0 atom stereocenters. The molecule has 8 heteroatoms. The van der Waals surface area contributed by atoms with Gasteiger partial charge in [-0.15, -0.1) is 0 Å². The maximum absolute atomic E-state index is 11.1. The molecule has 0 saturated carbocycles. The minimum atomic E-state index is -4.29. The Bertz CT molecular complexity index is 735. The van der Waals surface area contributed by atoms with Gasteiger partial charge in [-0.05, 0) is 30.3 Å². The van der Waals surface area contributed by atoms with Gasteiger partial charge in [-0.3, -0.25) is 15.4 Å². The Labute approximate surface area is 126 Å². The average molecular weight is 333 g/mol. The van der Waals surface area contributed by atoms with Crippen LogP contribution < -0.4 is 10.9 Å². The summed E-state index contributed by atoms with van der Waals surface area (Å²) in [5.41, 5.74) is 6.44. The van der Waals surface area contributed by atoms with Crippen molar-refractivity contribution < 1.29 is 13.0 Å². The zero-order valence-corrected chi connectivity index (χ0v) is 12.3. The first-order valence-electron chi connectivity index (χ1n) is 5.41. The molecule has 0 heterocycles. The Kier molecular flexibility index (Phi) is 4.39. The SMILES string of the molecule is O=S(=O)(O)c1ccc(Cl)c(NNc2ccccc2Cl)c1. The second-order valence-electron chi connectivity index (χ2n) is 3.85. The van der Waals surface area contributed by atoms with Crippen LogP contribution in [0.2, 0.25) is 10.0 Å². The molecule has 0 radical (unpaired) electrons. The van der Waals surface area contributed by atoms with Crippen LogP contribution in [0.1, 0.15) is 0 Å². The lowest BCUT2D eigenvalue weighted by molar-refractivity contribution is 0.483. The molecule has 0 aliphatic carbocycles. The summed E-state index contributed by atoms with van der Waals surface area (Å²) in [6.07, 6.45) is 0.